The molecule has 0 radical (unpaired) electrons. The van der Waals surface area contributed by atoms with E-state index in [0.717, 1.165) is 38.5 Å². The van der Waals surface area contributed by atoms with Crippen molar-refractivity contribution >= 4 is 5.97 Å². The molecule has 1 N–H and O–H groups in total. The van der Waals surface area contributed by atoms with Gasteiger partial charge in [0.2, 0.25) is 6.29 Å². The van der Waals surface area contributed by atoms with Crippen molar-refractivity contribution in [2.24, 2.45) is 0 Å². The third kappa shape index (κ3) is 13.6. The molecule has 0 saturated carbocycles. The van der Waals surface area contributed by atoms with Crippen molar-refractivity contribution in [1.82, 2.24) is 0 Å². The van der Waals surface area contributed by atoms with Gasteiger partial charge in [0.1, 0.15) is 6.61 Å². The molecule has 0 aromatic rings. The van der Waals surface area contributed by atoms with Gasteiger partial charge in [0.05, 0.1) is 6.10 Å². The monoisotopic (exact) mass is 340 g/mol. The number of aliphatic hydroxyl groups excluding tert-OH is 1. The minimum atomic E-state index is -0.251. The molecule has 4 nitrogen and oxygen atoms in total. The average molecular weight is 341 g/mol. The Morgan fingerprint density at radius 3 is 2.58 bits per heavy atom. The fourth-order valence-corrected chi connectivity index (χ4v) is 2.67. The van der Waals surface area contributed by atoms with Gasteiger partial charge in [0.25, 0.3) is 0 Å². The zero-order valence-electron chi connectivity index (χ0n) is 15.4. The third-order valence-corrected chi connectivity index (χ3v) is 4.28. The molecular formula is C20H36O4. The number of allylic oxidation sites excluding steroid dienone is 1. The van der Waals surface area contributed by atoms with E-state index < -0.39 is 0 Å². The highest BCUT2D eigenvalue weighted by molar-refractivity contribution is 5.69. The molecule has 1 rings (SSSR count). The Morgan fingerprint density at radius 2 is 1.83 bits per heavy atom. The summed E-state index contributed by atoms with van der Waals surface area (Å²) in [6, 6.07) is 0. The maximum absolute atomic E-state index is 11.3. The van der Waals surface area contributed by atoms with Crippen LogP contribution in [0.2, 0.25) is 0 Å². The lowest BCUT2D eigenvalue weighted by molar-refractivity contribution is -0.148. The second kappa shape index (κ2) is 14.5. The van der Waals surface area contributed by atoms with E-state index in [2.05, 4.69) is 19.1 Å². The van der Waals surface area contributed by atoms with Crippen LogP contribution < -0.4 is 0 Å². The number of epoxide rings is 1. The average Bonchev–Trinajstić information content (AvgIpc) is 3.37. The minimum Gasteiger partial charge on any atom is -0.433 e. The van der Waals surface area contributed by atoms with Gasteiger partial charge in [-0.15, -0.1) is 0 Å². The molecule has 0 aromatic heterocycles. The molecule has 0 bridgehead atoms. The number of aliphatic hydroxyl groups is 1. The Kier molecular flexibility index (Phi) is 12.8. The van der Waals surface area contributed by atoms with Crippen LogP contribution in [0.25, 0.3) is 0 Å². The SMILES string of the molecule is CCCCCC[C@@H](O)C/C=C\CCCCCCCC(=O)OC1CO1. The van der Waals surface area contributed by atoms with Crippen LogP contribution in [0, 0.1) is 0 Å². The summed E-state index contributed by atoms with van der Waals surface area (Å²) < 4.78 is 9.85. The van der Waals surface area contributed by atoms with E-state index in [1.165, 1.54) is 38.5 Å². The van der Waals surface area contributed by atoms with Crippen molar-refractivity contribution in [2.75, 3.05) is 6.61 Å². The second-order valence-corrected chi connectivity index (χ2v) is 6.77. The molecule has 1 fully saturated rings. The topological polar surface area (TPSA) is 59.1 Å². The summed E-state index contributed by atoms with van der Waals surface area (Å²) in [5.74, 6) is -0.131. The summed E-state index contributed by atoms with van der Waals surface area (Å²) in [5.41, 5.74) is 0. The Balaban J connectivity index is 1.79. The first kappa shape index (κ1) is 21.2. The van der Waals surface area contributed by atoms with Crippen molar-refractivity contribution in [3.63, 3.8) is 0 Å². The summed E-state index contributed by atoms with van der Waals surface area (Å²) in [4.78, 5) is 11.3. The molecule has 4 heteroatoms. The summed E-state index contributed by atoms with van der Waals surface area (Å²) in [6.07, 6.45) is 17.7. The number of carbonyl (C=O) groups is 1. The summed E-state index contributed by atoms with van der Waals surface area (Å²) in [6.45, 7) is 2.77. The highest BCUT2D eigenvalue weighted by atomic mass is 16.8. The molecule has 140 valence electrons. The Morgan fingerprint density at radius 1 is 1.12 bits per heavy atom. The fraction of sp³-hybridized carbons (Fsp3) is 0.850. The standard InChI is InChI=1S/C20H36O4/c1-2-3-4-11-14-18(21)15-12-9-7-5-6-8-10-13-16-19(22)24-20-17-23-20/h9,12,18,20-21H,2-8,10-11,13-17H2,1H3/b12-9-/t18-,20?/m1/s1. The van der Waals surface area contributed by atoms with Crippen molar-refractivity contribution in [3.8, 4) is 0 Å². The Bertz CT molecular complexity index is 337. The van der Waals surface area contributed by atoms with Gasteiger partial charge in [-0.25, -0.2) is 0 Å². The lowest BCUT2D eigenvalue weighted by atomic mass is 10.1. The Hall–Kier alpha value is -0.870. The van der Waals surface area contributed by atoms with Gasteiger partial charge in [0, 0.05) is 6.42 Å². The van der Waals surface area contributed by atoms with Crippen molar-refractivity contribution < 1.29 is 19.4 Å². The highest BCUT2D eigenvalue weighted by Gasteiger charge is 2.26. The molecule has 1 saturated heterocycles. The smallest absolute Gasteiger partial charge is 0.308 e. The molecule has 0 amide bonds. The van der Waals surface area contributed by atoms with Crippen LogP contribution in [-0.2, 0) is 14.3 Å². The lowest BCUT2D eigenvalue weighted by Gasteiger charge is -2.07. The number of hydrogen-bond acceptors (Lipinski definition) is 4. The molecule has 0 aliphatic carbocycles. The van der Waals surface area contributed by atoms with E-state index in [1.54, 1.807) is 0 Å². The third-order valence-electron chi connectivity index (χ3n) is 4.28. The van der Waals surface area contributed by atoms with Crippen LogP contribution in [0.3, 0.4) is 0 Å². The van der Waals surface area contributed by atoms with Gasteiger partial charge in [-0.3, -0.25) is 4.79 Å². The molecule has 0 spiro atoms. The predicted molar refractivity (Wildman–Crippen MR) is 96.7 cm³/mol. The quantitative estimate of drug-likeness (QED) is 0.188. The first-order chi connectivity index (χ1) is 11.7. The number of hydrogen-bond donors (Lipinski definition) is 1. The van der Waals surface area contributed by atoms with Gasteiger partial charge in [-0.05, 0) is 32.1 Å². The molecule has 2 atom stereocenters. The number of esters is 1. The predicted octanol–water partition coefficient (Wildman–Crippen LogP) is 4.89. The van der Waals surface area contributed by atoms with E-state index in [-0.39, 0.29) is 18.4 Å². The van der Waals surface area contributed by atoms with Gasteiger partial charge in [-0.1, -0.05) is 64.0 Å². The number of unbranched alkanes of at least 4 members (excludes halogenated alkanes) is 8. The first-order valence-corrected chi connectivity index (χ1v) is 9.86. The van der Waals surface area contributed by atoms with E-state index in [1.807, 2.05) is 0 Å². The number of ether oxygens (including phenoxy) is 2. The summed E-state index contributed by atoms with van der Waals surface area (Å²) >= 11 is 0. The minimum absolute atomic E-state index is 0.131. The van der Waals surface area contributed by atoms with Gasteiger partial charge in [-0.2, -0.15) is 0 Å². The summed E-state index contributed by atoms with van der Waals surface area (Å²) in [7, 11) is 0. The van der Waals surface area contributed by atoms with Crippen LogP contribution >= 0.6 is 0 Å². The molecule has 1 aliphatic heterocycles. The van der Waals surface area contributed by atoms with Crippen LogP contribution in [-0.4, -0.2) is 30.1 Å². The number of carbonyl (C=O) groups excluding carboxylic acids is 1. The van der Waals surface area contributed by atoms with Gasteiger partial charge >= 0.3 is 5.97 Å². The van der Waals surface area contributed by atoms with E-state index >= 15 is 0 Å². The highest BCUT2D eigenvalue weighted by Crippen LogP contribution is 2.14. The zero-order chi connectivity index (χ0) is 17.5. The number of rotatable bonds is 16. The molecule has 1 unspecified atom stereocenters. The molecule has 1 aliphatic rings. The molecule has 1 heterocycles. The first-order valence-electron chi connectivity index (χ1n) is 9.86. The molecule has 24 heavy (non-hydrogen) atoms. The maximum Gasteiger partial charge on any atom is 0.308 e. The van der Waals surface area contributed by atoms with Crippen LogP contribution in [0.4, 0.5) is 0 Å². The Labute approximate surface area is 147 Å². The van der Waals surface area contributed by atoms with E-state index in [9.17, 15) is 9.90 Å². The van der Waals surface area contributed by atoms with Crippen LogP contribution in [0.1, 0.15) is 90.4 Å². The zero-order valence-corrected chi connectivity index (χ0v) is 15.4. The molecular weight excluding hydrogens is 304 g/mol. The van der Waals surface area contributed by atoms with Gasteiger partial charge in [0.15, 0.2) is 0 Å². The van der Waals surface area contributed by atoms with E-state index in [4.69, 9.17) is 9.47 Å². The molecule has 0 aromatic carbocycles. The second-order valence-electron chi connectivity index (χ2n) is 6.77. The largest absolute Gasteiger partial charge is 0.433 e. The normalized spacial score (nSPS) is 18.0. The maximum atomic E-state index is 11.3. The van der Waals surface area contributed by atoms with Crippen LogP contribution in [0.15, 0.2) is 12.2 Å². The van der Waals surface area contributed by atoms with Crippen molar-refractivity contribution in [1.29, 1.82) is 0 Å². The van der Waals surface area contributed by atoms with Crippen molar-refractivity contribution in [3.05, 3.63) is 12.2 Å². The summed E-state index contributed by atoms with van der Waals surface area (Å²) in [5, 5.41) is 9.85. The van der Waals surface area contributed by atoms with Crippen LogP contribution in [0.5, 0.6) is 0 Å². The van der Waals surface area contributed by atoms with E-state index in [0.29, 0.717) is 13.0 Å². The van der Waals surface area contributed by atoms with Gasteiger partial charge < -0.3 is 14.6 Å². The fourth-order valence-electron chi connectivity index (χ4n) is 2.67. The lowest BCUT2D eigenvalue weighted by Crippen LogP contribution is -2.06. The van der Waals surface area contributed by atoms with Crippen molar-refractivity contribution in [2.45, 2.75) is 103 Å².